The Morgan fingerprint density at radius 2 is 1.83 bits per heavy atom. The first-order valence-corrected chi connectivity index (χ1v) is 10.1. The predicted molar refractivity (Wildman–Crippen MR) is 112 cm³/mol. The van der Waals surface area contributed by atoms with Crippen LogP contribution < -0.4 is 10.6 Å². The van der Waals surface area contributed by atoms with E-state index < -0.39 is 6.09 Å². The van der Waals surface area contributed by atoms with E-state index in [1.54, 1.807) is 19.1 Å². The number of rotatable bonds is 6. The average Bonchev–Trinajstić information content (AvgIpc) is 2.74. The van der Waals surface area contributed by atoms with Crippen LogP contribution in [0.5, 0.6) is 0 Å². The normalized spacial score (nSPS) is 20.2. The number of carbonyl (C=O) groups excluding carboxylic acids is 2. The van der Waals surface area contributed by atoms with E-state index in [9.17, 15) is 9.59 Å². The van der Waals surface area contributed by atoms with Gasteiger partial charge in [0.15, 0.2) is 0 Å². The summed E-state index contributed by atoms with van der Waals surface area (Å²) >= 11 is 0. The van der Waals surface area contributed by atoms with Crippen molar-refractivity contribution in [3.8, 4) is 0 Å². The van der Waals surface area contributed by atoms with Gasteiger partial charge in [0, 0.05) is 17.6 Å². The largest absolute Gasteiger partial charge is 0.462 e. The van der Waals surface area contributed by atoms with Gasteiger partial charge in [-0.2, -0.15) is 0 Å². The Kier molecular flexibility index (Phi) is 6.75. The molecule has 0 spiro atoms. The van der Waals surface area contributed by atoms with E-state index in [1.807, 2.05) is 36.4 Å². The molecule has 0 aromatic heterocycles. The highest BCUT2D eigenvalue weighted by Gasteiger charge is 2.34. The van der Waals surface area contributed by atoms with Crippen LogP contribution in [0.3, 0.4) is 0 Å². The van der Waals surface area contributed by atoms with Crippen molar-refractivity contribution >= 4 is 17.7 Å². The monoisotopic (exact) mass is 396 g/mol. The molecule has 0 fully saturated rings. The zero-order valence-corrected chi connectivity index (χ0v) is 17.1. The Morgan fingerprint density at radius 3 is 2.52 bits per heavy atom. The molecule has 0 saturated carbocycles. The van der Waals surface area contributed by atoms with Crippen LogP contribution in [-0.2, 0) is 16.1 Å². The molecule has 1 aliphatic heterocycles. The number of hydrogen-bond acceptors (Lipinski definition) is 5. The zero-order chi connectivity index (χ0) is 20.8. The molecule has 0 bridgehead atoms. The zero-order valence-electron chi connectivity index (χ0n) is 17.1. The number of nitrogens with one attached hydrogen (secondary N) is 2. The summed E-state index contributed by atoms with van der Waals surface area (Å²) in [5, 5.41) is 6.52. The molecule has 6 heteroatoms. The van der Waals surface area contributed by atoms with Gasteiger partial charge in [0.2, 0.25) is 0 Å². The van der Waals surface area contributed by atoms with Crippen LogP contribution in [0.2, 0.25) is 0 Å². The highest BCUT2D eigenvalue weighted by molar-refractivity contribution is 5.90. The topological polar surface area (TPSA) is 76.7 Å². The third-order valence-corrected chi connectivity index (χ3v) is 5.33. The third-order valence-electron chi connectivity index (χ3n) is 5.33. The Morgan fingerprint density at radius 1 is 1.07 bits per heavy atom. The van der Waals surface area contributed by atoms with Gasteiger partial charge in [-0.25, -0.2) is 9.59 Å². The molecular formula is C23H28N2O4. The summed E-state index contributed by atoms with van der Waals surface area (Å²) in [5.41, 5.74) is 3.18. The molecule has 0 radical (unpaired) electrons. The second-order valence-corrected chi connectivity index (χ2v) is 7.22. The molecule has 0 saturated heterocycles. The fourth-order valence-electron chi connectivity index (χ4n) is 3.71. The van der Waals surface area contributed by atoms with Gasteiger partial charge >= 0.3 is 12.1 Å². The number of alkyl carbamates (subject to hydrolysis) is 1. The lowest BCUT2D eigenvalue weighted by Gasteiger charge is -2.39. The Balaban J connectivity index is 1.79. The molecular weight excluding hydrogens is 368 g/mol. The van der Waals surface area contributed by atoms with Crippen LogP contribution in [0.1, 0.15) is 54.7 Å². The van der Waals surface area contributed by atoms with Crippen molar-refractivity contribution in [2.75, 3.05) is 11.9 Å². The number of fused-ring (bicyclic) bond motifs is 1. The van der Waals surface area contributed by atoms with Gasteiger partial charge in [-0.3, -0.25) is 0 Å². The number of benzene rings is 2. The first-order valence-electron chi connectivity index (χ1n) is 10.1. The molecule has 0 unspecified atom stereocenters. The van der Waals surface area contributed by atoms with Gasteiger partial charge in [-0.15, -0.1) is 0 Å². The number of amides is 1. The third kappa shape index (κ3) is 4.88. The van der Waals surface area contributed by atoms with Gasteiger partial charge in [-0.1, -0.05) is 44.2 Å². The molecule has 6 nitrogen and oxygen atoms in total. The van der Waals surface area contributed by atoms with Crippen molar-refractivity contribution in [3.05, 3.63) is 65.2 Å². The lowest BCUT2D eigenvalue weighted by Crippen LogP contribution is -2.43. The van der Waals surface area contributed by atoms with Crippen molar-refractivity contribution in [1.82, 2.24) is 5.32 Å². The molecule has 3 rings (SSSR count). The van der Waals surface area contributed by atoms with E-state index in [-0.39, 0.29) is 30.6 Å². The summed E-state index contributed by atoms with van der Waals surface area (Å²) in [6.07, 6.45) is 0.437. The standard InChI is InChI=1S/C23H28N2O4/c1-4-19-15(3)21(25-23(27)29-14-16-9-7-6-8-10-16)18-13-17(22(26)28-5-2)11-12-20(18)24-19/h6-13,15,19,21,24H,4-5,14H2,1-3H3,(H,25,27)/t15-,19+,21-/m1/s1. The predicted octanol–water partition coefficient (Wildman–Crippen LogP) is 4.67. The SMILES string of the molecule is CCOC(=O)c1ccc2c(c1)[C@H](NC(=O)OCc1ccccc1)[C@H](C)[C@H](CC)N2. The van der Waals surface area contributed by atoms with E-state index >= 15 is 0 Å². The summed E-state index contributed by atoms with van der Waals surface area (Å²) in [6.45, 7) is 6.49. The molecule has 1 amide bonds. The van der Waals surface area contributed by atoms with E-state index in [2.05, 4.69) is 24.5 Å². The second-order valence-electron chi connectivity index (χ2n) is 7.22. The van der Waals surface area contributed by atoms with Crippen molar-refractivity contribution < 1.29 is 19.1 Å². The number of anilines is 1. The Labute approximate surface area is 171 Å². The van der Waals surface area contributed by atoms with Crippen LogP contribution in [0.15, 0.2) is 48.5 Å². The van der Waals surface area contributed by atoms with Crippen LogP contribution in [-0.4, -0.2) is 24.7 Å². The molecule has 154 valence electrons. The maximum atomic E-state index is 12.5. The van der Waals surface area contributed by atoms with Crippen molar-refractivity contribution in [3.63, 3.8) is 0 Å². The van der Waals surface area contributed by atoms with Crippen LogP contribution in [0.25, 0.3) is 0 Å². The first-order chi connectivity index (χ1) is 14.0. The summed E-state index contributed by atoms with van der Waals surface area (Å²) < 4.78 is 10.5. The van der Waals surface area contributed by atoms with Crippen molar-refractivity contribution in [2.24, 2.45) is 5.92 Å². The van der Waals surface area contributed by atoms with Gasteiger partial charge in [0.05, 0.1) is 18.2 Å². The molecule has 2 aromatic carbocycles. The minimum Gasteiger partial charge on any atom is -0.462 e. The number of carbonyl (C=O) groups is 2. The van der Waals surface area contributed by atoms with Gasteiger partial charge < -0.3 is 20.1 Å². The fraction of sp³-hybridized carbons (Fsp3) is 0.391. The maximum Gasteiger partial charge on any atom is 0.407 e. The first kappa shape index (κ1) is 20.7. The Bertz CT molecular complexity index is 853. The van der Waals surface area contributed by atoms with E-state index in [4.69, 9.17) is 9.47 Å². The number of ether oxygens (including phenoxy) is 2. The quantitative estimate of drug-likeness (QED) is 0.694. The van der Waals surface area contributed by atoms with Crippen LogP contribution in [0, 0.1) is 5.92 Å². The lowest BCUT2D eigenvalue weighted by atomic mass is 9.82. The van der Waals surface area contributed by atoms with E-state index in [0.29, 0.717) is 12.2 Å². The molecule has 3 atom stereocenters. The molecule has 29 heavy (non-hydrogen) atoms. The van der Waals surface area contributed by atoms with E-state index in [0.717, 1.165) is 23.2 Å². The maximum absolute atomic E-state index is 12.5. The molecule has 2 N–H and O–H groups in total. The highest BCUT2D eigenvalue weighted by Crippen LogP contribution is 2.38. The van der Waals surface area contributed by atoms with Crippen LogP contribution in [0.4, 0.5) is 10.5 Å². The summed E-state index contributed by atoms with van der Waals surface area (Å²) in [7, 11) is 0. The summed E-state index contributed by atoms with van der Waals surface area (Å²) in [4.78, 5) is 24.7. The smallest absolute Gasteiger partial charge is 0.407 e. The van der Waals surface area contributed by atoms with Crippen molar-refractivity contribution in [1.29, 1.82) is 0 Å². The Hall–Kier alpha value is -3.02. The van der Waals surface area contributed by atoms with E-state index in [1.165, 1.54) is 0 Å². The number of esters is 1. The van der Waals surface area contributed by atoms with Gasteiger partial charge in [0.25, 0.3) is 0 Å². The molecule has 0 aliphatic carbocycles. The summed E-state index contributed by atoms with van der Waals surface area (Å²) in [6, 6.07) is 14.9. The average molecular weight is 396 g/mol. The fourth-order valence-corrected chi connectivity index (χ4v) is 3.71. The molecule has 1 heterocycles. The highest BCUT2D eigenvalue weighted by atomic mass is 16.5. The van der Waals surface area contributed by atoms with Crippen molar-refractivity contribution in [2.45, 2.75) is 45.9 Å². The molecule has 2 aromatic rings. The minimum absolute atomic E-state index is 0.120. The van der Waals surface area contributed by atoms with Gasteiger partial charge in [-0.05, 0) is 42.7 Å². The number of hydrogen-bond donors (Lipinski definition) is 2. The second kappa shape index (κ2) is 9.45. The van der Waals surface area contributed by atoms with Gasteiger partial charge in [0.1, 0.15) is 6.61 Å². The minimum atomic E-state index is -0.477. The van der Waals surface area contributed by atoms with Crippen LogP contribution >= 0.6 is 0 Å². The summed E-state index contributed by atoms with van der Waals surface area (Å²) in [5.74, 6) is -0.250. The lowest BCUT2D eigenvalue weighted by molar-refractivity contribution is 0.0526. The molecule has 1 aliphatic rings.